The average molecular weight is 378 g/mol. The average Bonchev–Trinajstić information content (AvgIpc) is 2.91. The minimum Gasteiger partial charge on any atom is -0.335 e. The zero-order valence-electron chi connectivity index (χ0n) is 14.7. The Hall–Kier alpha value is -2.45. The molecule has 8 nitrogen and oxygen atoms in total. The maximum atomic E-state index is 12.8. The van der Waals surface area contributed by atoms with E-state index < -0.39 is 4.92 Å². The molecule has 0 saturated carbocycles. The minimum absolute atomic E-state index is 0.0404. The van der Waals surface area contributed by atoms with Crippen LogP contribution < -0.4 is 0 Å². The van der Waals surface area contributed by atoms with E-state index in [9.17, 15) is 14.9 Å². The molecule has 0 N–H and O–H groups in total. The summed E-state index contributed by atoms with van der Waals surface area (Å²) in [6, 6.07) is 7.70. The summed E-state index contributed by atoms with van der Waals surface area (Å²) in [6.45, 7) is 4.78. The third kappa shape index (κ3) is 3.71. The Morgan fingerprint density at radius 2 is 1.85 bits per heavy atom. The van der Waals surface area contributed by atoms with E-state index in [4.69, 9.17) is 11.6 Å². The fourth-order valence-corrected chi connectivity index (χ4v) is 3.34. The van der Waals surface area contributed by atoms with Gasteiger partial charge in [-0.05, 0) is 24.6 Å². The van der Waals surface area contributed by atoms with Crippen LogP contribution in [0.4, 0.5) is 5.69 Å². The van der Waals surface area contributed by atoms with Gasteiger partial charge in [-0.3, -0.25) is 24.5 Å². The molecule has 0 bridgehead atoms. The predicted octanol–water partition coefficient (Wildman–Crippen LogP) is 2.25. The molecular formula is C17H20ClN5O3. The Labute approximate surface area is 156 Å². The molecule has 1 aromatic heterocycles. The van der Waals surface area contributed by atoms with Crippen LogP contribution in [0.3, 0.4) is 0 Å². The van der Waals surface area contributed by atoms with Gasteiger partial charge in [0.05, 0.1) is 4.92 Å². The summed E-state index contributed by atoms with van der Waals surface area (Å²) in [5.41, 5.74) is 1.24. The Morgan fingerprint density at radius 3 is 2.42 bits per heavy atom. The highest BCUT2D eigenvalue weighted by Gasteiger charge is 2.33. The van der Waals surface area contributed by atoms with E-state index in [2.05, 4.69) is 10.00 Å². The van der Waals surface area contributed by atoms with Gasteiger partial charge in [-0.15, -0.1) is 0 Å². The van der Waals surface area contributed by atoms with Crippen molar-refractivity contribution >= 4 is 23.2 Å². The third-order valence-corrected chi connectivity index (χ3v) is 4.81. The maximum Gasteiger partial charge on any atom is 0.322 e. The molecule has 26 heavy (non-hydrogen) atoms. The molecule has 2 aromatic rings. The van der Waals surface area contributed by atoms with E-state index in [0.717, 1.165) is 12.1 Å². The van der Waals surface area contributed by atoms with Crippen molar-refractivity contribution in [1.82, 2.24) is 19.6 Å². The zero-order chi connectivity index (χ0) is 18.8. The molecule has 2 heterocycles. The summed E-state index contributed by atoms with van der Waals surface area (Å²) >= 11 is 5.90. The number of amides is 1. The first-order valence-corrected chi connectivity index (χ1v) is 8.68. The molecule has 3 rings (SSSR count). The van der Waals surface area contributed by atoms with Gasteiger partial charge in [0, 0.05) is 44.8 Å². The maximum absolute atomic E-state index is 12.8. The second kappa shape index (κ2) is 7.43. The van der Waals surface area contributed by atoms with Crippen molar-refractivity contribution in [2.24, 2.45) is 7.05 Å². The second-order valence-electron chi connectivity index (χ2n) is 6.36. The number of carbonyl (C=O) groups is 1. The number of aromatic nitrogens is 2. The second-order valence-corrected chi connectivity index (χ2v) is 6.79. The van der Waals surface area contributed by atoms with E-state index in [1.165, 1.54) is 4.68 Å². The predicted molar refractivity (Wildman–Crippen MR) is 97.2 cm³/mol. The Morgan fingerprint density at radius 1 is 1.23 bits per heavy atom. The number of halogens is 1. The van der Waals surface area contributed by atoms with Gasteiger partial charge >= 0.3 is 5.69 Å². The quantitative estimate of drug-likeness (QED) is 0.602. The molecule has 138 valence electrons. The number of aryl methyl sites for hydroxylation is 2. The van der Waals surface area contributed by atoms with Gasteiger partial charge in [0.2, 0.25) is 5.69 Å². The molecule has 1 fully saturated rings. The standard InChI is InChI=1S/C17H20ClN5O3/c1-12-15(23(25)26)16(20(2)19-12)17(24)22-9-7-21(8-10-22)11-13-3-5-14(18)6-4-13/h3-6H,7-11H2,1-2H3. The first-order valence-electron chi connectivity index (χ1n) is 8.31. The van der Waals surface area contributed by atoms with Crippen LogP contribution in [0.25, 0.3) is 0 Å². The van der Waals surface area contributed by atoms with Gasteiger partial charge in [0.1, 0.15) is 5.69 Å². The third-order valence-electron chi connectivity index (χ3n) is 4.55. The summed E-state index contributed by atoms with van der Waals surface area (Å²) in [7, 11) is 1.56. The van der Waals surface area contributed by atoms with Crippen molar-refractivity contribution in [1.29, 1.82) is 0 Å². The van der Waals surface area contributed by atoms with Crippen LogP contribution >= 0.6 is 11.6 Å². The summed E-state index contributed by atoms with van der Waals surface area (Å²) in [5.74, 6) is -0.342. The topological polar surface area (TPSA) is 84.5 Å². The van der Waals surface area contributed by atoms with Crippen LogP contribution in [0.2, 0.25) is 5.02 Å². The molecule has 1 amide bonds. The van der Waals surface area contributed by atoms with Crippen molar-refractivity contribution in [3.8, 4) is 0 Å². The van der Waals surface area contributed by atoms with E-state index in [1.54, 1.807) is 18.9 Å². The molecule has 0 unspecified atom stereocenters. The number of nitrogens with zero attached hydrogens (tertiary/aromatic N) is 5. The van der Waals surface area contributed by atoms with E-state index >= 15 is 0 Å². The van der Waals surface area contributed by atoms with Crippen LogP contribution in [0.1, 0.15) is 21.7 Å². The number of nitro groups is 1. The van der Waals surface area contributed by atoms with Gasteiger partial charge in [0.15, 0.2) is 0 Å². The summed E-state index contributed by atoms with van der Waals surface area (Å²) in [6.07, 6.45) is 0. The van der Waals surface area contributed by atoms with Crippen LogP contribution in [0.5, 0.6) is 0 Å². The van der Waals surface area contributed by atoms with Crippen LogP contribution in [0, 0.1) is 17.0 Å². The van der Waals surface area contributed by atoms with Crippen LogP contribution in [0.15, 0.2) is 24.3 Å². The zero-order valence-corrected chi connectivity index (χ0v) is 15.4. The monoisotopic (exact) mass is 377 g/mol. The van der Waals surface area contributed by atoms with Crippen LogP contribution in [-0.2, 0) is 13.6 Å². The van der Waals surface area contributed by atoms with E-state index in [1.807, 2.05) is 24.3 Å². The summed E-state index contributed by atoms with van der Waals surface area (Å²) < 4.78 is 1.30. The fraction of sp³-hybridized carbons (Fsp3) is 0.412. The van der Waals surface area contributed by atoms with Crippen molar-refractivity contribution in [2.45, 2.75) is 13.5 Å². The van der Waals surface area contributed by atoms with Crippen molar-refractivity contribution in [3.63, 3.8) is 0 Å². The van der Waals surface area contributed by atoms with Crippen molar-refractivity contribution in [3.05, 3.63) is 56.4 Å². The molecule has 0 radical (unpaired) electrons. The molecule has 0 aliphatic carbocycles. The number of carbonyl (C=O) groups excluding carboxylic acids is 1. The lowest BCUT2D eigenvalue weighted by Gasteiger charge is -2.34. The molecule has 1 aliphatic rings. The highest BCUT2D eigenvalue weighted by atomic mass is 35.5. The highest BCUT2D eigenvalue weighted by Crippen LogP contribution is 2.24. The molecule has 9 heteroatoms. The van der Waals surface area contributed by atoms with Crippen molar-refractivity contribution in [2.75, 3.05) is 26.2 Å². The lowest BCUT2D eigenvalue weighted by Crippen LogP contribution is -2.48. The minimum atomic E-state index is -0.535. The Bertz CT molecular complexity index is 826. The molecule has 1 aromatic carbocycles. The lowest BCUT2D eigenvalue weighted by atomic mass is 10.2. The Kier molecular flexibility index (Phi) is 5.24. The lowest BCUT2D eigenvalue weighted by molar-refractivity contribution is -0.385. The number of benzene rings is 1. The summed E-state index contributed by atoms with van der Waals surface area (Å²) in [4.78, 5) is 27.4. The SMILES string of the molecule is Cc1nn(C)c(C(=O)N2CCN(Cc3ccc(Cl)cc3)CC2)c1[N+](=O)[O-]. The van der Waals surface area contributed by atoms with E-state index in [-0.39, 0.29) is 23.0 Å². The Balaban J connectivity index is 1.66. The van der Waals surface area contributed by atoms with Gasteiger partial charge in [-0.1, -0.05) is 23.7 Å². The number of piperazine rings is 1. The van der Waals surface area contributed by atoms with Gasteiger partial charge in [-0.25, -0.2) is 0 Å². The first kappa shape index (κ1) is 18.3. The fourth-order valence-electron chi connectivity index (χ4n) is 3.21. The molecule has 1 aliphatic heterocycles. The van der Waals surface area contributed by atoms with Crippen LogP contribution in [-0.4, -0.2) is 56.6 Å². The van der Waals surface area contributed by atoms with Gasteiger partial charge in [-0.2, -0.15) is 5.10 Å². The number of rotatable bonds is 4. The molecular weight excluding hydrogens is 358 g/mol. The van der Waals surface area contributed by atoms with Crippen molar-refractivity contribution < 1.29 is 9.72 Å². The van der Waals surface area contributed by atoms with E-state index in [0.29, 0.717) is 31.2 Å². The molecule has 0 atom stereocenters. The number of hydrogen-bond acceptors (Lipinski definition) is 5. The molecule has 0 spiro atoms. The van der Waals surface area contributed by atoms with Gasteiger partial charge < -0.3 is 4.90 Å². The smallest absolute Gasteiger partial charge is 0.322 e. The largest absolute Gasteiger partial charge is 0.335 e. The molecule has 1 saturated heterocycles. The summed E-state index contributed by atoms with van der Waals surface area (Å²) in [5, 5.41) is 16.0. The highest BCUT2D eigenvalue weighted by molar-refractivity contribution is 6.30. The normalized spacial score (nSPS) is 15.3. The number of hydrogen-bond donors (Lipinski definition) is 0. The van der Waals surface area contributed by atoms with Gasteiger partial charge in [0.25, 0.3) is 5.91 Å². The first-order chi connectivity index (χ1) is 12.4.